The van der Waals surface area contributed by atoms with E-state index < -0.39 is 11.2 Å². The lowest BCUT2D eigenvalue weighted by Crippen LogP contribution is -2.31. The lowest BCUT2D eigenvalue weighted by molar-refractivity contribution is 0.251. The summed E-state index contributed by atoms with van der Waals surface area (Å²) in [5.41, 5.74) is 1.18. The van der Waals surface area contributed by atoms with Gasteiger partial charge in [-0.3, -0.25) is 0 Å². The number of hydrogen-bond acceptors (Lipinski definition) is 6. The lowest BCUT2D eigenvalue weighted by atomic mass is 9.92. The Morgan fingerprint density at radius 3 is 2.58 bits per heavy atom. The number of amides is 2. The van der Waals surface area contributed by atoms with Gasteiger partial charge in [-0.25, -0.2) is 19.2 Å². The number of fused-ring (bicyclic) bond motifs is 1. The van der Waals surface area contributed by atoms with Crippen molar-refractivity contribution in [3.05, 3.63) is 48.5 Å². The summed E-state index contributed by atoms with van der Waals surface area (Å²) >= 11 is 0. The summed E-state index contributed by atoms with van der Waals surface area (Å²) in [6.07, 6.45) is 1.90. The molecule has 1 aromatic heterocycles. The normalized spacial score (nSPS) is 10.9. The summed E-state index contributed by atoms with van der Waals surface area (Å²) in [6.45, 7) is 4.03. The van der Waals surface area contributed by atoms with Crippen molar-refractivity contribution in [1.29, 1.82) is 5.26 Å². The van der Waals surface area contributed by atoms with Gasteiger partial charge in [0, 0.05) is 30.1 Å². The molecule has 0 unspecified atom stereocenters. The predicted octanol–water partition coefficient (Wildman–Crippen LogP) is 4.58. The van der Waals surface area contributed by atoms with Gasteiger partial charge < -0.3 is 20.7 Å². The highest BCUT2D eigenvalue weighted by atomic mass is 19.1. The minimum atomic E-state index is -0.494. The molecule has 0 bridgehead atoms. The topological polar surface area (TPSA) is 112 Å². The molecule has 2 amide bonds. The third-order valence-electron chi connectivity index (χ3n) is 4.64. The van der Waals surface area contributed by atoms with Crippen molar-refractivity contribution in [2.75, 3.05) is 24.3 Å². The van der Waals surface area contributed by atoms with Crippen LogP contribution in [0.5, 0.6) is 5.75 Å². The minimum Gasteiger partial charge on any atom is -0.497 e. The number of benzene rings is 2. The largest absolute Gasteiger partial charge is 0.497 e. The van der Waals surface area contributed by atoms with Gasteiger partial charge in [0.15, 0.2) is 0 Å². The maximum Gasteiger partial charge on any atom is 0.319 e. The van der Waals surface area contributed by atoms with Crippen LogP contribution >= 0.6 is 0 Å². The van der Waals surface area contributed by atoms with Crippen LogP contribution in [0.3, 0.4) is 0 Å². The summed E-state index contributed by atoms with van der Waals surface area (Å²) in [6, 6.07) is 11.7. The van der Waals surface area contributed by atoms with Gasteiger partial charge >= 0.3 is 6.03 Å². The molecular formula is C22H23FN6O2. The molecule has 2 aromatic carbocycles. The van der Waals surface area contributed by atoms with E-state index in [1.807, 2.05) is 13.8 Å². The number of rotatable bonds is 7. The molecule has 8 nitrogen and oxygen atoms in total. The van der Waals surface area contributed by atoms with Gasteiger partial charge in [-0.2, -0.15) is 5.26 Å². The van der Waals surface area contributed by atoms with Gasteiger partial charge in [0.1, 0.15) is 23.7 Å². The molecule has 160 valence electrons. The number of anilines is 3. The van der Waals surface area contributed by atoms with Crippen LogP contribution in [0.15, 0.2) is 42.7 Å². The van der Waals surface area contributed by atoms with E-state index in [0.29, 0.717) is 41.4 Å². The number of carbonyl (C=O) groups excluding carboxylic acids is 1. The van der Waals surface area contributed by atoms with Crippen molar-refractivity contribution < 1.29 is 13.9 Å². The third kappa shape index (κ3) is 5.57. The molecule has 3 N–H and O–H groups in total. The molecule has 31 heavy (non-hydrogen) atoms. The molecule has 1 heterocycles. The van der Waals surface area contributed by atoms with Crippen molar-refractivity contribution in [3.8, 4) is 11.8 Å². The number of aromatic nitrogens is 2. The molecule has 3 aromatic rings. The minimum absolute atomic E-state index is 0.255. The van der Waals surface area contributed by atoms with E-state index in [0.717, 1.165) is 0 Å². The molecule has 0 spiro atoms. The molecule has 3 rings (SSSR count). The number of nitrogens with one attached hydrogen (secondary N) is 3. The number of nitrogens with zero attached hydrogens (tertiary/aromatic N) is 3. The standard InChI is InChI=1S/C22H23FN6O2/c1-22(2,12-24)8-9-25-21(30)29-15-6-4-14(5-7-15)28-20-19-17(23)10-16(31-3)11-18(19)26-13-27-20/h4-7,10-11,13H,8-9H2,1-3H3,(H2,25,29,30)(H,26,27,28). The zero-order valence-corrected chi connectivity index (χ0v) is 17.5. The molecule has 0 fully saturated rings. The Kier molecular flexibility index (Phi) is 6.50. The Hall–Kier alpha value is -3.93. The van der Waals surface area contributed by atoms with E-state index in [1.165, 1.54) is 19.5 Å². The SMILES string of the molecule is COc1cc(F)c2c(Nc3ccc(NC(=O)NCCC(C)(C)C#N)cc3)ncnc2c1. The van der Waals surface area contributed by atoms with E-state index in [2.05, 4.69) is 32.0 Å². The van der Waals surface area contributed by atoms with Crippen LogP contribution in [0.2, 0.25) is 0 Å². The van der Waals surface area contributed by atoms with E-state index in [4.69, 9.17) is 10.00 Å². The zero-order chi connectivity index (χ0) is 22.4. The predicted molar refractivity (Wildman–Crippen MR) is 117 cm³/mol. The van der Waals surface area contributed by atoms with Gasteiger partial charge in [0.05, 0.1) is 29.5 Å². The summed E-state index contributed by atoms with van der Waals surface area (Å²) in [7, 11) is 1.46. The molecular weight excluding hydrogens is 399 g/mol. The van der Waals surface area contributed by atoms with Crippen LogP contribution in [0.1, 0.15) is 20.3 Å². The molecule has 9 heteroatoms. The van der Waals surface area contributed by atoms with Gasteiger partial charge in [-0.1, -0.05) is 0 Å². The first-order valence-corrected chi connectivity index (χ1v) is 9.63. The van der Waals surface area contributed by atoms with Gasteiger partial charge in [0.25, 0.3) is 0 Å². The number of hydrogen-bond donors (Lipinski definition) is 3. The molecule has 0 saturated heterocycles. The van der Waals surface area contributed by atoms with Crippen LogP contribution in [-0.4, -0.2) is 29.7 Å². The van der Waals surface area contributed by atoms with Crippen molar-refractivity contribution in [2.45, 2.75) is 20.3 Å². The molecule has 0 aliphatic rings. The van der Waals surface area contributed by atoms with Gasteiger partial charge in [-0.15, -0.1) is 0 Å². The molecule has 0 atom stereocenters. The maximum atomic E-state index is 14.5. The summed E-state index contributed by atoms with van der Waals surface area (Å²) in [5.74, 6) is 0.204. The van der Waals surface area contributed by atoms with Crippen molar-refractivity contribution >= 4 is 34.1 Å². The van der Waals surface area contributed by atoms with E-state index >= 15 is 0 Å². The first-order chi connectivity index (χ1) is 14.8. The first kappa shape index (κ1) is 21.8. The first-order valence-electron chi connectivity index (χ1n) is 9.63. The average Bonchev–Trinajstić information content (AvgIpc) is 2.74. The fourth-order valence-corrected chi connectivity index (χ4v) is 2.82. The van der Waals surface area contributed by atoms with Crippen LogP contribution in [0, 0.1) is 22.6 Å². The Labute approximate surface area is 179 Å². The quantitative estimate of drug-likeness (QED) is 0.514. The van der Waals surface area contributed by atoms with Crippen LogP contribution in [0.4, 0.5) is 26.4 Å². The average molecular weight is 422 g/mol. The van der Waals surface area contributed by atoms with Crippen molar-refractivity contribution in [1.82, 2.24) is 15.3 Å². The zero-order valence-electron chi connectivity index (χ0n) is 17.5. The number of nitriles is 1. The number of ether oxygens (including phenoxy) is 1. The summed E-state index contributed by atoms with van der Waals surface area (Å²) in [5, 5.41) is 17.8. The number of urea groups is 1. The molecule has 0 aliphatic carbocycles. The Morgan fingerprint density at radius 2 is 1.90 bits per heavy atom. The highest BCUT2D eigenvalue weighted by molar-refractivity contribution is 5.92. The molecule has 0 aliphatic heterocycles. The lowest BCUT2D eigenvalue weighted by Gasteiger charge is -2.15. The smallest absolute Gasteiger partial charge is 0.319 e. The summed E-state index contributed by atoms with van der Waals surface area (Å²) < 4.78 is 19.6. The van der Waals surface area contributed by atoms with Crippen LogP contribution < -0.4 is 20.7 Å². The van der Waals surface area contributed by atoms with Crippen LogP contribution in [0.25, 0.3) is 10.9 Å². The fraction of sp³-hybridized carbons (Fsp3) is 0.273. The second-order valence-electron chi connectivity index (χ2n) is 7.55. The Bertz CT molecular complexity index is 1130. The highest BCUT2D eigenvalue weighted by Gasteiger charge is 2.16. The van der Waals surface area contributed by atoms with Crippen molar-refractivity contribution in [3.63, 3.8) is 0 Å². The Balaban J connectivity index is 1.65. The van der Waals surface area contributed by atoms with Crippen LogP contribution in [-0.2, 0) is 0 Å². The van der Waals surface area contributed by atoms with Gasteiger partial charge in [0.2, 0.25) is 0 Å². The fourth-order valence-electron chi connectivity index (χ4n) is 2.82. The van der Waals surface area contributed by atoms with E-state index in [1.54, 1.807) is 30.3 Å². The second kappa shape index (κ2) is 9.26. The summed E-state index contributed by atoms with van der Waals surface area (Å²) in [4.78, 5) is 20.3. The highest BCUT2D eigenvalue weighted by Crippen LogP contribution is 2.29. The Morgan fingerprint density at radius 1 is 1.19 bits per heavy atom. The van der Waals surface area contributed by atoms with Gasteiger partial charge in [-0.05, 0) is 44.5 Å². The number of methoxy groups -OCH3 is 1. The number of halogens is 1. The van der Waals surface area contributed by atoms with Crippen molar-refractivity contribution in [2.24, 2.45) is 5.41 Å². The molecule has 0 saturated carbocycles. The van der Waals surface area contributed by atoms with E-state index in [-0.39, 0.29) is 11.4 Å². The maximum absolute atomic E-state index is 14.5. The monoisotopic (exact) mass is 422 g/mol. The second-order valence-corrected chi connectivity index (χ2v) is 7.55. The van der Waals surface area contributed by atoms with E-state index in [9.17, 15) is 9.18 Å². The third-order valence-corrected chi connectivity index (χ3v) is 4.64. The number of carbonyl (C=O) groups is 1. The molecule has 0 radical (unpaired) electrons.